The van der Waals surface area contributed by atoms with Gasteiger partial charge in [0.1, 0.15) is 11.2 Å². The number of hydrogen-bond acceptors (Lipinski definition) is 5. The Morgan fingerprint density at radius 2 is 1.25 bits per heavy atom. The van der Waals surface area contributed by atoms with Crippen molar-refractivity contribution >= 4 is 43.6 Å². The molecule has 10 nitrogen and oxygen atoms in total. The highest BCUT2D eigenvalue weighted by atomic mass is 16.1. The van der Waals surface area contributed by atoms with Crippen molar-refractivity contribution in [2.24, 2.45) is 14.1 Å². The van der Waals surface area contributed by atoms with Gasteiger partial charge in [-0.2, -0.15) is 5.10 Å². The van der Waals surface area contributed by atoms with Gasteiger partial charge in [0.2, 0.25) is 6.20 Å². The van der Waals surface area contributed by atoms with Crippen LogP contribution >= 0.6 is 0 Å². The maximum absolute atomic E-state index is 13.7. The highest BCUT2D eigenvalue weighted by molar-refractivity contribution is 5.95. The molecule has 270 valence electrons. The lowest BCUT2D eigenvalue weighted by atomic mass is 10.0. The Hall–Kier alpha value is -7.46. The molecule has 0 fully saturated rings. The number of aromatic nitrogens is 8. The molecule has 0 aliphatic heterocycles. The normalized spacial score (nSPS) is 11.7. The highest BCUT2D eigenvalue weighted by Crippen LogP contribution is 2.30. The number of rotatable bonds is 7. The summed E-state index contributed by atoms with van der Waals surface area (Å²) in [6, 6.07) is 42.4. The molecule has 4 heterocycles. The molecule has 10 aromatic rings. The second kappa shape index (κ2) is 13.1. The average molecular weight is 732 g/mol. The van der Waals surface area contributed by atoms with Crippen molar-refractivity contribution < 1.29 is 4.68 Å². The van der Waals surface area contributed by atoms with Gasteiger partial charge in [0.25, 0.3) is 11.1 Å². The van der Waals surface area contributed by atoms with Crippen molar-refractivity contribution in [1.29, 1.82) is 0 Å². The van der Waals surface area contributed by atoms with E-state index in [1.807, 2.05) is 73.5 Å². The van der Waals surface area contributed by atoms with Crippen LogP contribution in [0, 0.1) is 0 Å². The summed E-state index contributed by atoms with van der Waals surface area (Å²) < 4.78 is 9.33. The minimum absolute atomic E-state index is 0.0505. The Kier molecular flexibility index (Phi) is 7.77. The zero-order valence-electron chi connectivity index (χ0n) is 30.7. The van der Waals surface area contributed by atoms with E-state index in [0.717, 1.165) is 60.9 Å². The Morgan fingerprint density at radius 3 is 2.00 bits per heavy atom. The van der Waals surface area contributed by atoms with Gasteiger partial charge in [0.15, 0.2) is 7.05 Å². The first-order valence-electron chi connectivity index (χ1n) is 18.4. The lowest BCUT2D eigenvalue weighted by Crippen LogP contribution is -2.36. The summed E-state index contributed by atoms with van der Waals surface area (Å²) >= 11 is 0. The predicted molar refractivity (Wildman–Crippen MR) is 220 cm³/mol. The van der Waals surface area contributed by atoms with Crippen LogP contribution in [0.15, 0.2) is 162 Å². The van der Waals surface area contributed by atoms with Crippen molar-refractivity contribution in [3.8, 4) is 27.9 Å². The predicted octanol–water partition coefficient (Wildman–Crippen LogP) is 7.19. The van der Waals surface area contributed by atoms with E-state index < -0.39 is 0 Å². The van der Waals surface area contributed by atoms with Crippen molar-refractivity contribution in [2.75, 3.05) is 0 Å². The topological polar surface area (TPSA) is 96.4 Å². The van der Waals surface area contributed by atoms with Gasteiger partial charge < -0.3 is 0 Å². The summed E-state index contributed by atoms with van der Waals surface area (Å²) in [5.74, 6) is 0. The molecule has 56 heavy (non-hydrogen) atoms. The smallest absolute Gasteiger partial charge is 0.261 e. The molecular formula is C46H35N8O2+. The van der Waals surface area contributed by atoms with Gasteiger partial charge >= 0.3 is 0 Å². The highest BCUT2D eigenvalue weighted by Gasteiger charge is 2.19. The van der Waals surface area contributed by atoms with Gasteiger partial charge in [-0.1, -0.05) is 78.9 Å². The molecule has 0 bridgehead atoms. The molecular weight excluding hydrogens is 697 g/mol. The van der Waals surface area contributed by atoms with E-state index in [-0.39, 0.29) is 11.1 Å². The van der Waals surface area contributed by atoms with E-state index in [2.05, 4.69) is 105 Å². The summed E-state index contributed by atoms with van der Waals surface area (Å²) in [6.07, 6.45) is 7.40. The summed E-state index contributed by atoms with van der Waals surface area (Å²) in [6.45, 7) is 0.858. The van der Waals surface area contributed by atoms with Crippen LogP contribution in [0.5, 0.6) is 0 Å². The number of nitrogens with zero attached hydrogens (tertiary/aromatic N) is 8. The minimum atomic E-state index is -0.0816. The standard InChI is InChI=1S/C46H35N8O2/c1-50-26-35-22-34(18-21-41(35)49-50)32-14-10-30(11-15-32)24-53-29-48-43-23-36(19-20-39(43)46(53)56)54-44-9-5-7-37(40(44)27-51(54)2)33-16-12-31(13-17-33)25-52-28-47-42-8-4-3-6-38(42)45(52)55/h3-23,26-29H,24-25H2,1-2H3/q+1. The first kappa shape index (κ1) is 33.1. The summed E-state index contributed by atoms with van der Waals surface area (Å²) in [4.78, 5) is 36.0. The van der Waals surface area contributed by atoms with Gasteiger partial charge in [-0.15, -0.1) is 9.36 Å². The third-order valence-corrected chi connectivity index (χ3v) is 10.6. The van der Waals surface area contributed by atoms with Crippen LogP contribution in [-0.2, 0) is 27.2 Å². The van der Waals surface area contributed by atoms with Crippen molar-refractivity contribution in [2.45, 2.75) is 13.1 Å². The molecule has 10 rings (SSSR count). The van der Waals surface area contributed by atoms with Gasteiger partial charge in [-0.3, -0.25) is 23.4 Å². The first-order valence-corrected chi connectivity index (χ1v) is 18.4. The summed E-state index contributed by atoms with van der Waals surface area (Å²) in [5.41, 5.74) is 10.5. The quantitative estimate of drug-likeness (QED) is 0.162. The van der Waals surface area contributed by atoms with E-state index in [1.54, 1.807) is 21.8 Å². The first-order chi connectivity index (χ1) is 27.4. The van der Waals surface area contributed by atoms with Gasteiger partial charge in [0, 0.05) is 18.6 Å². The van der Waals surface area contributed by atoms with Crippen LogP contribution in [0.4, 0.5) is 0 Å². The molecule has 0 atom stereocenters. The number of para-hydroxylation sites is 1. The maximum atomic E-state index is 13.7. The Morgan fingerprint density at radius 1 is 0.589 bits per heavy atom. The van der Waals surface area contributed by atoms with Gasteiger partial charge in [-0.05, 0) is 81.9 Å². The largest absolute Gasteiger partial charge is 0.294 e. The lowest BCUT2D eigenvalue weighted by Gasteiger charge is -2.10. The molecule has 0 radical (unpaired) electrons. The molecule has 0 aliphatic rings. The van der Waals surface area contributed by atoms with Crippen LogP contribution in [-0.4, -0.2) is 33.6 Å². The molecule has 0 spiro atoms. The van der Waals surface area contributed by atoms with Gasteiger partial charge in [-0.25, -0.2) is 9.97 Å². The Balaban J connectivity index is 0.904. The molecule has 0 saturated heterocycles. The molecule has 4 aromatic heterocycles. The van der Waals surface area contributed by atoms with E-state index in [1.165, 1.54) is 0 Å². The van der Waals surface area contributed by atoms with Crippen LogP contribution in [0.2, 0.25) is 0 Å². The zero-order chi connectivity index (χ0) is 37.9. The third-order valence-electron chi connectivity index (χ3n) is 10.6. The van der Waals surface area contributed by atoms with Crippen molar-refractivity contribution in [3.63, 3.8) is 0 Å². The lowest BCUT2D eigenvalue weighted by molar-refractivity contribution is -0.741. The number of benzene rings is 6. The molecule has 0 N–H and O–H groups in total. The van der Waals surface area contributed by atoms with Crippen LogP contribution < -0.4 is 15.8 Å². The molecule has 0 saturated carbocycles. The fourth-order valence-corrected chi connectivity index (χ4v) is 7.79. The molecule has 0 amide bonds. The molecule has 0 unspecified atom stereocenters. The second-order valence-electron chi connectivity index (χ2n) is 14.3. The number of aryl methyl sites for hydroxylation is 2. The van der Waals surface area contributed by atoms with Crippen LogP contribution in [0.3, 0.4) is 0 Å². The fourth-order valence-electron chi connectivity index (χ4n) is 7.79. The van der Waals surface area contributed by atoms with E-state index in [0.29, 0.717) is 34.9 Å². The van der Waals surface area contributed by atoms with E-state index in [9.17, 15) is 9.59 Å². The second-order valence-corrected chi connectivity index (χ2v) is 14.3. The SMILES string of the molecule is Cn1cc2cc(-c3ccc(Cn4cnc5cc(-n6c7cccc(-c8ccc(Cn9cnc%10ccccc%10c9=O)cc8)c7c[n+]6C)ccc5c4=O)cc3)ccc2n1. The number of hydrogen-bond donors (Lipinski definition) is 0. The summed E-state index contributed by atoms with van der Waals surface area (Å²) in [7, 11) is 3.94. The van der Waals surface area contributed by atoms with Crippen molar-refractivity contribution in [3.05, 3.63) is 184 Å². The number of fused-ring (bicyclic) bond motifs is 4. The van der Waals surface area contributed by atoms with E-state index >= 15 is 0 Å². The molecule has 6 aromatic carbocycles. The fraction of sp³-hybridized carbons (Fsp3) is 0.0870. The monoisotopic (exact) mass is 731 g/mol. The van der Waals surface area contributed by atoms with E-state index in [4.69, 9.17) is 4.98 Å². The van der Waals surface area contributed by atoms with Crippen LogP contribution in [0.1, 0.15) is 11.1 Å². The maximum Gasteiger partial charge on any atom is 0.261 e. The van der Waals surface area contributed by atoms with Crippen molar-refractivity contribution in [1.82, 2.24) is 33.6 Å². The van der Waals surface area contributed by atoms with Gasteiger partial charge in [0.05, 0.1) is 58.5 Å². The minimum Gasteiger partial charge on any atom is -0.294 e. The van der Waals surface area contributed by atoms with Crippen LogP contribution in [0.25, 0.3) is 71.6 Å². The molecule has 10 heteroatoms. The summed E-state index contributed by atoms with van der Waals surface area (Å²) in [5, 5.41) is 7.84. The molecule has 0 aliphatic carbocycles. The third kappa shape index (κ3) is 5.75. The average Bonchev–Trinajstić information content (AvgIpc) is 3.78. The zero-order valence-corrected chi connectivity index (χ0v) is 30.7. The Labute approximate surface area is 320 Å². The Bertz CT molecular complexity index is 3260.